The molecule has 0 radical (unpaired) electrons. The van der Waals surface area contributed by atoms with Crippen molar-refractivity contribution in [2.75, 3.05) is 0 Å². The first kappa shape index (κ1) is 8.28. The van der Waals surface area contributed by atoms with Gasteiger partial charge in [-0.2, -0.15) is 0 Å². The first-order valence-corrected chi connectivity index (χ1v) is 4.02. The molecule has 0 bridgehead atoms. The summed E-state index contributed by atoms with van der Waals surface area (Å²) in [4.78, 5) is 0. The standard InChI is InChI=1S/C10H15N/c1-7-5-4-6-10(8(7)2)9(3)11/h4-6,9H,11H2,1-3H3/p+1. The Hall–Kier alpha value is -0.820. The summed E-state index contributed by atoms with van der Waals surface area (Å²) in [5.74, 6) is 0. The lowest BCUT2D eigenvalue weighted by Gasteiger charge is -2.08. The van der Waals surface area contributed by atoms with Gasteiger partial charge < -0.3 is 5.73 Å². The van der Waals surface area contributed by atoms with Crippen molar-refractivity contribution in [3.63, 3.8) is 0 Å². The van der Waals surface area contributed by atoms with Crippen LogP contribution in [0.25, 0.3) is 0 Å². The molecule has 0 saturated heterocycles. The Morgan fingerprint density at radius 1 is 1.27 bits per heavy atom. The Kier molecular flexibility index (Phi) is 2.30. The molecule has 1 heteroatoms. The second kappa shape index (κ2) is 3.05. The molecule has 1 atom stereocenters. The van der Waals surface area contributed by atoms with Gasteiger partial charge in [-0.3, -0.25) is 0 Å². The van der Waals surface area contributed by atoms with Crippen molar-refractivity contribution in [1.29, 1.82) is 0 Å². The lowest BCUT2D eigenvalue weighted by molar-refractivity contribution is -0.420. The van der Waals surface area contributed by atoms with Crippen LogP contribution in [0.4, 0.5) is 0 Å². The Balaban J connectivity index is 3.17. The monoisotopic (exact) mass is 150 g/mol. The number of quaternary nitrogens is 1. The predicted molar refractivity (Wildman–Crippen MR) is 47.2 cm³/mol. The van der Waals surface area contributed by atoms with Crippen LogP contribution in [-0.4, -0.2) is 0 Å². The maximum atomic E-state index is 4.01. The molecule has 0 heterocycles. The van der Waals surface area contributed by atoms with Crippen LogP contribution in [0, 0.1) is 13.8 Å². The van der Waals surface area contributed by atoms with E-state index >= 15 is 0 Å². The van der Waals surface area contributed by atoms with E-state index < -0.39 is 0 Å². The summed E-state index contributed by atoms with van der Waals surface area (Å²) in [6.07, 6.45) is 0. The van der Waals surface area contributed by atoms with Gasteiger partial charge in [0.05, 0.1) is 0 Å². The molecular weight excluding hydrogens is 134 g/mol. The molecule has 3 N–H and O–H groups in total. The maximum absolute atomic E-state index is 4.01. The summed E-state index contributed by atoms with van der Waals surface area (Å²) < 4.78 is 0. The van der Waals surface area contributed by atoms with Crippen LogP contribution in [0.2, 0.25) is 0 Å². The van der Waals surface area contributed by atoms with E-state index in [0.29, 0.717) is 6.04 Å². The smallest absolute Gasteiger partial charge is 0.107 e. The Morgan fingerprint density at radius 3 is 2.36 bits per heavy atom. The molecule has 0 saturated carbocycles. The fourth-order valence-corrected chi connectivity index (χ4v) is 1.31. The zero-order valence-corrected chi connectivity index (χ0v) is 7.52. The van der Waals surface area contributed by atoms with Gasteiger partial charge in [-0.15, -0.1) is 0 Å². The van der Waals surface area contributed by atoms with Gasteiger partial charge in [0.2, 0.25) is 0 Å². The highest BCUT2D eigenvalue weighted by Gasteiger charge is 2.06. The third kappa shape index (κ3) is 1.60. The molecular formula is C10H16N+. The lowest BCUT2D eigenvalue weighted by atomic mass is 9.99. The third-order valence-electron chi connectivity index (χ3n) is 2.18. The van der Waals surface area contributed by atoms with Crippen molar-refractivity contribution in [2.24, 2.45) is 0 Å². The van der Waals surface area contributed by atoms with Crippen LogP contribution in [0.15, 0.2) is 18.2 Å². The van der Waals surface area contributed by atoms with Crippen molar-refractivity contribution in [3.8, 4) is 0 Å². The van der Waals surface area contributed by atoms with E-state index in [4.69, 9.17) is 0 Å². The van der Waals surface area contributed by atoms with E-state index in [0.717, 1.165) is 0 Å². The van der Waals surface area contributed by atoms with E-state index in [-0.39, 0.29) is 0 Å². The van der Waals surface area contributed by atoms with Gasteiger partial charge in [-0.1, -0.05) is 18.2 Å². The summed E-state index contributed by atoms with van der Waals surface area (Å²) in [5, 5.41) is 0. The number of aryl methyl sites for hydroxylation is 1. The summed E-state index contributed by atoms with van der Waals surface area (Å²) in [6.45, 7) is 6.43. The predicted octanol–water partition coefficient (Wildman–Crippen LogP) is 1.61. The fourth-order valence-electron chi connectivity index (χ4n) is 1.31. The van der Waals surface area contributed by atoms with Crippen molar-refractivity contribution < 1.29 is 5.73 Å². The van der Waals surface area contributed by atoms with Gasteiger partial charge in [0.1, 0.15) is 6.04 Å². The molecule has 0 aliphatic rings. The van der Waals surface area contributed by atoms with E-state index in [1.807, 2.05) is 0 Å². The Bertz CT molecular complexity index is 251. The van der Waals surface area contributed by atoms with Crippen molar-refractivity contribution >= 4 is 0 Å². The average Bonchev–Trinajstić information content (AvgIpc) is 1.94. The molecule has 0 aliphatic heterocycles. The minimum absolute atomic E-state index is 0.398. The van der Waals surface area contributed by atoms with Gasteiger partial charge in [-0.25, -0.2) is 0 Å². The number of rotatable bonds is 1. The molecule has 1 rings (SSSR count). The molecule has 11 heavy (non-hydrogen) atoms. The molecule has 1 aromatic rings. The van der Waals surface area contributed by atoms with Gasteiger partial charge in [-0.05, 0) is 31.9 Å². The molecule has 0 aromatic heterocycles. The Labute approximate surface area is 68.2 Å². The number of hydrogen-bond acceptors (Lipinski definition) is 0. The summed E-state index contributed by atoms with van der Waals surface area (Å²) in [6, 6.07) is 6.79. The minimum Gasteiger partial charge on any atom is -0.352 e. The van der Waals surface area contributed by atoms with Crippen LogP contribution < -0.4 is 5.73 Å². The Morgan fingerprint density at radius 2 is 1.91 bits per heavy atom. The van der Waals surface area contributed by atoms with Crippen molar-refractivity contribution in [1.82, 2.24) is 0 Å². The highest BCUT2D eigenvalue weighted by Crippen LogP contribution is 2.16. The normalized spacial score (nSPS) is 13.1. The molecule has 0 amide bonds. The molecule has 0 aliphatic carbocycles. The molecule has 1 aromatic carbocycles. The maximum Gasteiger partial charge on any atom is 0.107 e. The van der Waals surface area contributed by atoms with Gasteiger partial charge >= 0.3 is 0 Å². The van der Waals surface area contributed by atoms with Gasteiger partial charge in [0.15, 0.2) is 0 Å². The molecule has 1 nitrogen and oxygen atoms in total. The topological polar surface area (TPSA) is 27.6 Å². The van der Waals surface area contributed by atoms with Crippen LogP contribution >= 0.6 is 0 Å². The largest absolute Gasteiger partial charge is 0.352 e. The van der Waals surface area contributed by atoms with E-state index in [1.165, 1.54) is 16.7 Å². The van der Waals surface area contributed by atoms with Crippen LogP contribution in [-0.2, 0) is 0 Å². The lowest BCUT2D eigenvalue weighted by Crippen LogP contribution is -2.52. The number of benzene rings is 1. The third-order valence-corrected chi connectivity index (χ3v) is 2.18. The zero-order chi connectivity index (χ0) is 8.43. The highest BCUT2D eigenvalue weighted by molar-refractivity contribution is 5.33. The molecule has 0 fully saturated rings. The van der Waals surface area contributed by atoms with Crippen LogP contribution in [0.3, 0.4) is 0 Å². The van der Waals surface area contributed by atoms with Crippen LogP contribution in [0.1, 0.15) is 29.7 Å². The summed E-state index contributed by atoms with van der Waals surface area (Å²) in [7, 11) is 0. The van der Waals surface area contributed by atoms with Crippen molar-refractivity contribution in [3.05, 3.63) is 34.9 Å². The second-order valence-electron chi connectivity index (χ2n) is 3.19. The van der Waals surface area contributed by atoms with E-state index in [9.17, 15) is 0 Å². The van der Waals surface area contributed by atoms with E-state index in [1.54, 1.807) is 0 Å². The summed E-state index contributed by atoms with van der Waals surface area (Å²) >= 11 is 0. The first-order valence-electron chi connectivity index (χ1n) is 4.02. The van der Waals surface area contributed by atoms with E-state index in [2.05, 4.69) is 44.7 Å². The number of hydrogen-bond donors (Lipinski definition) is 1. The average molecular weight is 150 g/mol. The quantitative estimate of drug-likeness (QED) is 0.630. The molecule has 60 valence electrons. The SMILES string of the molecule is Cc1cccc(C(C)[NH3+])c1C. The fraction of sp³-hybridized carbons (Fsp3) is 0.400. The first-order chi connectivity index (χ1) is 5.13. The van der Waals surface area contributed by atoms with Crippen molar-refractivity contribution in [2.45, 2.75) is 26.8 Å². The molecule has 0 spiro atoms. The highest BCUT2D eigenvalue weighted by atomic mass is 14.6. The van der Waals surface area contributed by atoms with Gasteiger partial charge in [0.25, 0.3) is 0 Å². The minimum atomic E-state index is 0.398. The zero-order valence-electron chi connectivity index (χ0n) is 7.52. The molecule has 1 unspecified atom stereocenters. The van der Waals surface area contributed by atoms with Gasteiger partial charge in [0, 0.05) is 5.56 Å². The van der Waals surface area contributed by atoms with Crippen LogP contribution in [0.5, 0.6) is 0 Å². The summed E-state index contributed by atoms with van der Waals surface area (Å²) in [5.41, 5.74) is 8.12. The second-order valence-corrected chi connectivity index (χ2v) is 3.19.